The highest BCUT2D eigenvalue weighted by Crippen LogP contribution is 2.23. The van der Waals surface area contributed by atoms with E-state index in [0.717, 1.165) is 54.9 Å². The number of nitrogens with zero attached hydrogens (tertiary/aromatic N) is 2. The summed E-state index contributed by atoms with van der Waals surface area (Å²) in [7, 11) is 0. The third-order valence-corrected chi connectivity index (χ3v) is 5.82. The summed E-state index contributed by atoms with van der Waals surface area (Å²) >= 11 is 0. The number of benzene rings is 2. The molecular formula is C24H25N5O. The van der Waals surface area contributed by atoms with Crippen molar-refractivity contribution in [3.8, 4) is 11.3 Å². The maximum Gasteiger partial charge on any atom is 0.228 e. The molecule has 3 N–H and O–H groups in total. The maximum absolute atomic E-state index is 12.9. The lowest BCUT2D eigenvalue weighted by molar-refractivity contribution is -0.121. The summed E-state index contributed by atoms with van der Waals surface area (Å²) in [5.74, 6) is 0.112. The molecule has 6 heteroatoms. The Morgan fingerprint density at radius 1 is 1.13 bits per heavy atom. The van der Waals surface area contributed by atoms with E-state index in [1.165, 1.54) is 11.1 Å². The van der Waals surface area contributed by atoms with Crippen molar-refractivity contribution in [1.29, 1.82) is 0 Å². The summed E-state index contributed by atoms with van der Waals surface area (Å²) in [5, 5.41) is 11.3. The molecule has 1 aliphatic heterocycles. The largest absolute Gasteiger partial charge is 0.357 e. The number of H-pyrrole nitrogens is 2. The normalized spacial score (nSPS) is 17.3. The number of hydrogen-bond acceptors (Lipinski definition) is 3. The second kappa shape index (κ2) is 8.16. The molecule has 2 aromatic heterocycles. The molecule has 1 amide bonds. The molecule has 1 unspecified atom stereocenters. The zero-order valence-corrected chi connectivity index (χ0v) is 16.8. The van der Waals surface area contributed by atoms with Gasteiger partial charge in [0.15, 0.2) is 0 Å². The highest BCUT2D eigenvalue weighted by molar-refractivity contribution is 5.93. The van der Waals surface area contributed by atoms with Crippen LogP contribution in [0.15, 0.2) is 66.9 Å². The van der Waals surface area contributed by atoms with Crippen molar-refractivity contribution in [3.05, 3.63) is 72.6 Å². The predicted octanol–water partition coefficient (Wildman–Crippen LogP) is 4.41. The van der Waals surface area contributed by atoms with Crippen molar-refractivity contribution in [3.63, 3.8) is 0 Å². The second-order valence-electron chi connectivity index (χ2n) is 7.99. The Balaban J connectivity index is 1.20. The molecule has 5 rings (SSSR count). The van der Waals surface area contributed by atoms with Crippen molar-refractivity contribution >= 4 is 22.5 Å². The Kier molecular flexibility index (Phi) is 5.07. The molecule has 1 aliphatic rings. The monoisotopic (exact) mass is 399 g/mol. The van der Waals surface area contributed by atoms with Crippen LogP contribution in [0, 0.1) is 5.92 Å². The number of carbonyl (C=O) groups excluding carboxylic acids is 1. The summed E-state index contributed by atoms with van der Waals surface area (Å²) in [4.78, 5) is 18.7. The van der Waals surface area contributed by atoms with Crippen LogP contribution < -0.4 is 5.32 Å². The van der Waals surface area contributed by atoms with Gasteiger partial charge in [-0.25, -0.2) is 0 Å². The minimum atomic E-state index is 0.00964. The van der Waals surface area contributed by atoms with E-state index in [1.54, 1.807) is 6.20 Å². The van der Waals surface area contributed by atoms with E-state index in [-0.39, 0.29) is 11.8 Å². The van der Waals surface area contributed by atoms with E-state index in [9.17, 15) is 4.79 Å². The molecule has 30 heavy (non-hydrogen) atoms. The van der Waals surface area contributed by atoms with Gasteiger partial charge in [0.05, 0.1) is 11.6 Å². The average Bonchev–Trinajstić information content (AvgIpc) is 3.44. The molecule has 0 aliphatic carbocycles. The third kappa shape index (κ3) is 4.00. The maximum atomic E-state index is 12.9. The molecule has 1 fully saturated rings. The Morgan fingerprint density at radius 3 is 2.80 bits per heavy atom. The SMILES string of the molecule is O=C(Nc1ccc(-c2ccn[nH]2)cc1)C1CCCN(Cc2cc3ccccc3[nH]2)C1. The van der Waals surface area contributed by atoms with Crippen LogP contribution in [0.3, 0.4) is 0 Å². The molecule has 3 heterocycles. The first-order chi connectivity index (χ1) is 14.7. The Morgan fingerprint density at radius 2 is 2.00 bits per heavy atom. The lowest BCUT2D eigenvalue weighted by Gasteiger charge is -2.31. The molecule has 6 nitrogen and oxygen atoms in total. The lowest BCUT2D eigenvalue weighted by Crippen LogP contribution is -2.40. The van der Waals surface area contributed by atoms with E-state index in [1.807, 2.05) is 36.4 Å². The van der Waals surface area contributed by atoms with E-state index in [2.05, 4.69) is 49.7 Å². The summed E-state index contributed by atoms with van der Waals surface area (Å²) in [5.41, 5.74) is 5.21. The van der Waals surface area contributed by atoms with E-state index in [0.29, 0.717) is 0 Å². The number of carbonyl (C=O) groups is 1. The van der Waals surface area contributed by atoms with Gasteiger partial charge in [0, 0.05) is 36.2 Å². The quantitative estimate of drug-likeness (QED) is 0.465. The molecule has 0 radical (unpaired) electrons. The second-order valence-corrected chi connectivity index (χ2v) is 7.99. The van der Waals surface area contributed by atoms with Gasteiger partial charge in [0.25, 0.3) is 0 Å². The molecule has 1 atom stereocenters. The van der Waals surface area contributed by atoms with Crippen LogP contribution in [0.2, 0.25) is 0 Å². The summed E-state index contributed by atoms with van der Waals surface area (Å²) in [6.45, 7) is 2.66. The fourth-order valence-electron chi connectivity index (χ4n) is 4.27. The van der Waals surface area contributed by atoms with Crippen molar-refractivity contribution in [2.24, 2.45) is 5.92 Å². The van der Waals surface area contributed by atoms with Crippen LogP contribution in [0.4, 0.5) is 5.69 Å². The smallest absolute Gasteiger partial charge is 0.228 e. The number of anilines is 1. The molecule has 0 spiro atoms. The zero-order valence-electron chi connectivity index (χ0n) is 16.8. The predicted molar refractivity (Wildman–Crippen MR) is 119 cm³/mol. The Hall–Kier alpha value is -3.38. The molecule has 152 valence electrons. The first kappa shape index (κ1) is 18.6. The van der Waals surface area contributed by atoms with Crippen molar-refractivity contribution in [2.45, 2.75) is 19.4 Å². The number of amides is 1. The highest BCUT2D eigenvalue weighted by atomic mass is 16.1. The lowest BCUT2D eigenvalue weighted by atomic mass is 9.97. The first-order valence-electron chi connectivity index (χ1n) is 10.4. The highest BCUT2D eigenvalue weighted by Gasteiger charge is 2.26. The molecule has 4 aromatic rings. The third-order valence-electron chi connectivity index (χ3n) is 5.82. The molecule has 2 aromatic carbocycles. The van der Waals surface area contributed by atoms with Crippen molar-refractivity contribution in [2.75, 3.05) is 18.4 Å². The van der Waals surface area contributed by atoms with Crippen LogP contribution in [-0.4, -0.2) is 39.1 Å². The number of fused-ring (bicyclic) bond motifs is 1. The van der Waals surface area contributed by atoms with Gasteiger partial charge < -0.3 is 10.3 Å². The van der Waals surface area contributed by atoms with Gasteiger partial charge in [-0.3, -0.25) is 14.8 Å². The standard InChI is InChI=1S/C24H25N5O/c30-24(27-20-9-7-17(8-10-20)23-11-12-25-28-23)19-5-3-13-29(15-19)16-21-14-18-4-1-2-6-22(18)26-21/h1-2,4,6-12,14,19,26H,3,5,13,15-16H2,(H,25,28)(H,27,30). The van der Waals surface area contributed by atoms with Gasteiger partial charge in [-0.1, -0.05) is 30.3 Å². The van der Waals surface area contributed by atoms with Crippen molar-refractivity contribution < 1.29 is 4.79 Å². The minimum Gasteiger partial charge on any atom is -0.357 e. The van der Waals surface area contributed by atoms with Gasteiger partial charge in [-0.15, -0.1) is 0 Å². The van der Waals surface area contributed by atoms with Crippen molar-refractivity contribution in [1.82, 2.24) is 20.1 Å². The van der Waals surface area contributed by atoms with Crippen LogP contribution in [0.5, 0.6) is 0 Å². The van der Waals surface area contributed by atoms with E-state index in [4.69, 9.17) is 0 Å². The van der Waals surface area contributed by atoms with Gasteiger partial charge in [-0.2, -0.15) is 5.10 Å². The number of piperidine rings is 1. The van der Waals surface area contributed by atoms with Gasteiger partial charge in [-0.05, 0) is 60.7 Å². The topological polar surface area (TPSA) is 76.8 Å². The number of hydrogen-bond donors (Lipinski definition) is 3. The Bertz CT molecular complexity index is 1100. The molecule has 1 saturated heterocycles. The number of rotatable bonds is 5. The number of likely N-dealkylation sites (tertiary alicyclic amines) is 1. The average molecular weight is 399 g/mol. The van der Waals surface area contributed by atoms with Crippen LogP contribution in [-0.2, 0) is 11.3 Å². The molecular weight excluding hydrogens is 374 g/mol. The summed E-state index contributed by atoms with van der Waals surface area (Å²) in [6, 6.07) is 20.3. The minimum absolute atomic E-state index is 0.00964. The van der Waals surface area contributed by atoms with Gasteiger partial charge >= 0.3 is 0 Å². The molecule has 0 saturated carbocycles. The summed E-state index contributed by atoms with van der Waals surface area (Å²) in [6.07, 6.45) is 3.70. The fourth-order valence-corrected chi connectivity index (χ4v) is 4.27. The van der Waals surface area contributed by atoms with Gasteiger partial charge in [0.2, 0.25) is 5.91 Å². The number of aromatic nitrogens is 3. The van der Waals surface area contributed by atoms with Gasteiger partial charge in [0.1, 0.15) is 0 Å². The van der Waals surface area contributed by atoms with Crippen LogP contribution in [0.25, 0.3) is 22.2 Å². The molecule has 0 bridgehead atoms. The van der Waals surface area contributed by atoms with Crippen LogP contribution in [0.1, 0.15) is 18.5 Å². The van der Waals surface area contributed by atoms with E-state index >= 15 is 0 Å². The first-order valence-corrected chi connectivity index (χ1v) is 10.4. The number of aromatic amines is 2. The van der Waals surface area contributed by atoms with Crippen LogP contribution >= 0.6 is 0 Å². The fraction of sp³-hybridized carbons (Fsp3) is 0.250. The number of nitrogens with one attached hydrogen (secondary N) is 3. The summed E-state index contributed by atoms with van der Waals surface area (Å²) < 4.78 is 0. The number of para-hydroxylation sites is 1. The zero-order chi connectivity index (χ0) is 20.3. The van der Waals surface area contributed by atoms with E-state index < -0.39 is 0 Å². The Labute approximate surface area is 175 Å².